The number of hydrogen-bond donors (Lipinski definition) is 3. The predicted molar refractivity (Wildman–Crippen MR) is 116 cm³/mol. The van der Waals surface area contributed by atoms with Gasteiger partial charge in [-0.05, 0) is 26.0 Å². The molecule has 3 N–H and O–H groups in total. The Bertz CT molecular complexity index is 1160. The molecule has 5 atom stereocenters. The number of H-pyrrole nitrogens is 1. The molecular formula is C20H25FN3O9P. The molecule has 0 saturated carbocycles. The molecule has 0 radical (unpaired) electrons. The minimum Gasteiger partial charge on any atom is -0.465 e. The summed E-state index contributed by atoms with van der Waals surface area (Å²) in [6.45, 7) is 2.68. The van der Waals surface area contributed by atoms with E-state index in [1.165, 1.54) is 19.1 Å². The van der Waals surface area contributed by atoms with Gasteiger partial charge in [0.2, 0.25) is 5.82 Å². The lowest BCUT2D eigenvalue weighted by Gasteiger charge is -2.24. The van der Waals surface area contributed by atoms with Crippen molar-refractivity contribution < 1.29 is 37.4 Å². The Labute approximate surface area is 193 Å². The maximum atomic E-state index is 13.6. The fourth-order valence-electron chi connectivity index (χ4n) is 3.15. The van der Waals surface area contributed by atoms with Crippen LogP contribution in [0.15, 0.2) is 46.1 Å². The first kappa shape index (κ1) is 25.8. The summed E-state index contributed by atoms with van der Waals surface area (Å²) in [5.74, 6) is -1.69. The molecule has 3 rings (SSSR count). The minimum absolute atomic E-state index is 0.115. The summed E-state index contributed by atoms with van der Waals surface area (Å²) in [6, 6.07) is 7.01. The standard InChI is InChI=1S/C20H25FN3O9P/c1-3-30-19(27)12(2)23-34(29,33-13-7-5-4-6-8-13)31-11-16-15(25)9-17(32-16)24-10-14(21)18(26)22-20(24)28/h4-8,10,12,15-17,25H,3,9,11H2,1-2H3,(H,23,29)(H,22,26,28)/t12-,15?,16+,17+,34?/m0/s1. The number of aliphatic hydroxyl groups excluding tert-OH is 1. The monoisotopic (exact) mass is 501 g/mol. The van der Waals surface area contributed by atoms with Crippen LogP contribution in [0.3, 0.4) is 0 Å². The van der Waals surface area contributed by atoms with Crippen molar-refractivity contribution in [3.63, 3.8) is 0 Å². The number of para-hydroxylation sites is 1. The maximum absolute atomic E-state index is 13.6. The highest BCUT2D eigenvalue weighted by Gasteiger charge is 2.39. The highest BCUT2D eigenvalue weighted by Crippen LogP contribution is 2.45. The average Bonchev–Trinajstić information content (AvgIpc) is 3.16. The van der Waals surface area contributed by atoms with E-state index in [-0.39, 0.29) is 18.8 Å². The SMILES string of the molecule is CCOC(=O)[C@H](C)NP(=O)(OC[C@H]1O[C@@H](n2cc(F)c(=O)[nH]c2=O)CC1O)Oc1ccccc1. The smallest absolute Gasteiger partial charge is 0.459 e. The van der Waals surface area contributed by atoms with Gasteiger partial charge in [0.25, 0.3) is 5.56 Å². The van der Waals surface area contributed by atoms with Crippen LogP contribution in [0.1, 0.15) is 26.5 Å². The number of nitrogens with one attached hydrogen (secondary N) is 2. The van der Waals surface area contributed by atoms with Crippen LogP contribution in [0.4, 0.5) is 4.39 Å². The van der Waals surface area contributed by atoms with Gasteiger partial charge < -0.3 is 19.1 Å². The van der Waals surface area contributed by atoms with Crippen molar-refractivity contribution in [2.45, 2.75) is 44.7 Å². The molecule has 1 aromatic carbocycles. The van der Waals surface area contributed by atoms with Crippen molar-refractivity contribution in [1.29, 1.82) is 0 Å². The van der Waals surface area contributed by atoms with Crippen molar-refractivity contribution in [3.05, 3.63) is 63.2 Å². The van der Waals surface area contributed by atoms with E-state index in [4.69, 9.17) is 18.5 Å². The van der Waals surface area contributed by atoms with Gasteiger partial charge in [-0.2, -0.15) is 9.48 Å². The third-order valence-corrected chi connectivity index (χ3v) is 6.45. The fourth-order valence-corrected chi connectivity index (χ4v) is 4.65. The number of hydrogen-bond acceptors (Lipinski definition) is 9. The van der Waals surface area contributed by atoms with E-state index in [1.54, 1.807) is 30.1 Å². The summed E-state index contributed by atoms with van der Waals surface area (Å²) in [7, 11) is -4.19. The molecule has 186 valence electrons. The molecule has 1 saturated heterocycles. The van der Waals surface area contributed by atoms with E-state index in [9.17, 15) is 28.4 Å². The number of benzene rings is 1. The second-order valence-corrected chi connectivity index (χ2v) is 9.07. The molecule has 0 amide bonds. The van der Waals surface area contributed by atoms with E-state index in [1.807, 2.05) is 0 Å². The Kier molecular flexibility index (Phi) is 8.39. The van der Waals surface area contributed by atoms with Gasteiger partial charge in [-0.25, -0.2) is 9.36 Å². The van der Waals surface area contributed by atoms with Crippen LogP contribution >= 0.6 is 7.75 Å². The normalized spacial score (nSPS) is 22.6. The number of halogens is 1. The molecule has 0 bridgehead atoms. The molecule has 12 nitrogen and oxygen atoms in total. The molecule has 14 heteroatoms. The molecule has 2 heterocycles. The van der Waals surface area contributed by atoms with Gasteiger partial charge in [0.15, 0.2) is 0 Å². The molecule has 34 heavy (non-hydrogen) atoms. The van der Waals surface area contributed by atoms with E-state index in [0.717, 1.165) is 4.57 Å². The van der Waals surface area contributed by atoms with Crippen molar-refractivity contribution >= 4 is 13.7 Å². The number of aromatic amines is 1. The van der Waals surface area contributed by atoms with Crippen molar-refractivity contribution in [1.82, 2.24) is 14.6 Å². The van der Waals surface area contributed by atoms with E-state index in [0.29, 0.717) is 6.20 Å². The molecule has 1 aliphatic heterocycles. The van der Waals surface area contributed by atoms with Crippen LogP contribution < -0.4 is 20.9 Å². The summed E-state index contributed by atoms with van der Waals surface area (Å²) in [6.07, 6.45) is -2.83. The minimum atomic E-state index is -4.19. The summed E-state index contributed by atoms with van der Waals surface area (Å²) >= 11 is 0. The first-order valence-corrected chi connectivity index (χ1v) is 11.9. The number of ether oxygens (including phenoxy) is 2. The Morgan fingerprint density at radius 1 is 1.38 bits per heavy atom. The molecule has 2 unspecified atom stereocenters. The summed E-state index contributed by atoms with van der Waals surface area (Å²) in [4.78, 5) is 37.0. The van der Waals surface area contributed by atoms with E-state index < -0.39 is 61.9 Å². The lowest BCUT2D eigenvalue weighted by atomic mass is 10.2. The molecule has 0 spiro atoms. The van der Waals surface area contributed by atoms with E-state index >= 15 is 0 Å². The topological polar surface area (TPSA) is 158 Å². The van der Waals surface area contributed by atoms with Gasteiger partial charge in [-0.3, -0.25) is 23.7 Å². The number of carbonyl (C=O) groups excluding carboxylic acids is 1. The van der Waals surface area contributed by atoms with E-state index in [2.05, 4.69) is 5.09 Å². The molecule has 2 aromatic rings. The predicted octanol–water partition coefficient (Wildman–Crippen LogP) is 1.07. The molecule has 1 aromatic heterocycles. The highest BCUT2D eigenvalue weighted by atomic mass is 31.2. The van der Waals surface area contributed by atoms with Gasteiger partial charge in [0, 0.05) is 6.42 Å². The third kappa shape index (κ3) is 6.39. The highest BCUT2D eigenvalue weighted by molar-refractivity contribution is 7.52. The van der Waals surface area contributed by atoms with Crippen LogP contribution in [0.25, 0.3) is 0 Å². The Morgan fingerprint density at radius 3 is 2.76 bits per heavy atom. The van der Waals surface area contributed by atoms with Crippen LogP contribution in [0.2, 0.25) is 0 Å². The number of rotatable bonds is 10. The second kappa shape index (κ2) is 11.1. The first-order chi connectivity index (χ1) is 16.1. The zero-order valence-corrected chi connectivity index (χ0v) is 19.3. The number of aromatic nitrogens is 2. The summed E-state index contributed by atoms with van der Waals surface area (Å²) in [5, 5.41) is 12.8. The Hall–Kier alpha value is -2.83. The zero-order valence-electron chi connectivity index (χ0n) is 18.4. The Balaban J connectivity index is 1.73. The second-order valence-electron chi connectivity index (χ2n) is 7.38. The zero-order chi connectivity index (χ0) is 24.9. The summed E-state index contributed by atoms with van der Waals surface area (Å²) < 4.78 is 49.2. The first-order valence-electron chi connectivity index (χ1n) is 10.4. The van der Waals surface area contributed by atoms with Crippen LogP contribution in [0, 0.1) is 5.82 Å². The van der Waals surface area contributed by atoms with Gasteiger partial charge in [-0.1, -0.05) is 18.2 Å². The largest absolute Gasteiger partial charge is 0.465 e. The molecule has 1 aliphatic rings. The fraction of sp³-hybridized carbons (Fsp3) is 0.450. The lowest BCUT2D eigenvalue weighted by molar-refractivity contribution is -0.144. The average molecular weight is 501 g/mol. The summed E-state index contributed by atoms with van der Waals surface area (Å²) in [5.41, 5.74) is -2.10. The van der Waals surface area contributed by atoms with Gasteiger partial charge in [0.1, 0.15) is 24.1 Å². The van der Waals surface area contributed by atoms with Gasteiger partial charge in [0.05, 0.1) is 25.5 Å². The van der Waals surface area contributed by atoms with Crippen LogP contribution in [-0.4, -0.2) is 52.1 Å². The number of esters is 1. The number of nitrogens with zero attached hydrogens (tertiary/aromatic N) is 1. The molecule has 0 aliphatic carbocycles. The Morgan fingerprint density at radius 2 is 2.09 bits per heavy atom. The van der Waals surface area contributed by atoms with Crippen molar-refractivity contribution in [3.8, 4) is 5.75 Å². The van der Waals surface area contributed by atoms with Gasteiger partial charge in [-0.15, -0.1) is 0 Å². The van der Waals surface area contributed by atoms with Gasteiger partial charge >= 0.3 is 19.4 Å². The van der Waals surface area contributed by atoms with Crippen LogP contribution in [0.5, 0.6) is 5.75 Å². The van der Waals surface area contributed by atoms with Crippen molar-refractivity contribution in [2.75, 3.05) is 13.2 Å². The number of aliphatic hydroxyl groups is 1. The van der Waals surface area contributed by atoms with Crippen molar-refractivity contribution in [2.24, 2.45) is 0 Å². The number of carbonyl (C=O) groups is 1. The lowest BCUT2D eigenvalue weighted by Crippen LogP contribution is -2.36. The quantitative estimate of drug-likeness (QED) is 0.318. The molecular weight excluding hydrogens is 476 g/mol. The third-order valence-electron chi connectivity index (χ3n) is 4.81. The van der Waals surface area contributed by atoms with Crippen LogP contribution in [-0.2, 0) is 23.4 Å². The maximum Gasteiger partial charge on any atom is 0.459 e. The molecule has 1 fully saturated rings.